The van der Waals surface area contributed by atoms with Gasteiger partial charge in [0.05, 0.1) is 0 Å². The minimum Gasteiger partial charge on any atom is -0.383 e. The predicted molar refractivity (Wildman–Crippen MR) is 68.5 cm³/mol. The number of hydrogen-bond acceptors (Lipinski definition) is 2. The largest absolute Gasteiger partial charge is 0.383 e. The molecule has 16 heavy (non-hydrogen) atoms. The standard InChI is InChI=1S/C14H18N2/c1-2-12-6-5-8-13(10-12)16-11-14-7-3-4-9-15-14/h1,5-6,8,10,14-16H,3-4,7,9,11H2. The minimum atomic E-state index is 0.600. The lowest BCUT2D eigenvalue weighted by Crippen LogP contribution is -2.39. The molecule has 1 aromatic rings. The summed E-state index contributed by atoms with van der Waals surface area (Å²) in [6.45, 7) is 2.13. The van der Waals surface area contributed by atoms with Crippen LogP contribution in [0, 0.1) is 12.3 Å². The van der Waals surface area contributed by atoms with Crippen LogP contribution in [0.2, 0.25) is 0 Å². The zero-order valence-electron chi connectivity index (χ0n) is 9.50. The molecule has 0 saturated carbocycles. The number of piperidine rings is 1. The van der Waals surface area contributed by atoms with Gasteiger partial charge in [-0.25, -0.2) is 0 Å². The molecule has 84 valence electrons. The van der Waals surface area contributed by atoms with E-state index in [-0.39, 0.29) is 0 Å². The molecule has 0 aromatic heterocycles. The SMILES string of the molecule is C#Cc1cccc(NCC2CCCCN2)c1. The molecule has 0 radical (unpaired) electrons. The van der Waals surface area contributed by atoms with E-state index in [9.17, 15) is 0 Å². The van der Waals surface area contributed by atoms with Gasteiger partial charge in [0.25, 0.3) is 0 Å². The van der Waals surface area contributed by atoms with Crippen LogP contribution in [-0.2, 0) is 0 Å². The van der Waals surface area contributed by atoms with Crippen LogP contribution in [0.3, 0.4) is 0 Å². The molecule has 1 saturated heterocycles. The monoisotopic (exact) mass is 214 g/mol. The van der Waals surface area contributed by atoms with Crippen molar-refractivity contribution in [1.29, 1.82) is 0 Å². The first-order valence-electron chi connectivity index (χ1n) is 5.92. The summed E-state index contributed by atoms with van der Waals surface area (Å²) in [7, 11) is 0. The summed E-state index contributed by atoms with van der Waals surface area (Å²) in [5, 5.41) is 6.95. The Hall–Kier alpha value is -1.46. The van der Waals surface area contributed by atoms with E-state index in [1.807, 2.05) is 18.2 Å². The molecule has 1 fully saturated rings. The molecule has 1 atom stereocenters. The van der Waals surface area contributed by atoms with Gasteiger partial charge in [-0.1, -0.05) is 18.4 Å². The van der Waals surface area contributed by atoms with Crippen LogP contribution in [0.5, 0.6) is 0 Å². The van der Waals surface area contributed by atoms with Crippen molar-refractivity contribution in [2.24, 2.45) is 0 Å². The predicted octanol–water partition coefficient (Wildman–Crippen LogP) is 2.22. The molecular weight excluding hydrogens is 196 g/mol. The summed E-state index contributed by atoms with van der Waals surface area (Å²) in [4.78, 5) is 0. The first-order chi connectivity index (χ1) is 7.88. The van der Waals surface area contributed by atoms with Crippen LogP contribution in [-0.4, -0.2) is 19.1 Å². The fourth-order valence-corrected chi connectivity index (χ4v) is 2.06. The van der Waals surface area contributed by atoms with Crippen LogP contribution in [0.1, 0.15) is 24.8 Å². The van der Waals surface area contributed by atoms with Crippen molar-refractivity contribution >= 4 is 5.69 Å². The van der Waals surface area contributed by atoms with Crippen molar-refractivity contribution in [2.45, 2.75) is 25.3 Å². The zero-order valence-corrected chi connectivity index (χ0v) is 9.50. The Kier molecular flexibility index (Phi) is 3.85. The van der Waals surface area contributed by atoms with E-state index in [2.05, 4.69) is 22.6 Å². The normalized spacial score (nSPS) is 20.1. The number of benzene rings is 1. The summed E-state index contributed by atoms with van der Waals surface area (Å²) in [6.07, 6.45) is 9.28. The van der Waals surface area contributed by atoms with Gasteiger partial charge >= 0.3 is 0 Å². The molecule has 2 rings (SSSR count). The smallest absolute Gasteiger partial charge is 0.0353 e. The van der Waals surface area contributed by atoms with Crippen molar-refractivity contribution in [2.75, 3.05) is 18.4 Å². The van der Waals surface area contributed by atoms with Gasteiger partial charge in [-0.3, -0.25) is 0 Å². The van der Waals surface area contributed by atoms with E-state index in [1.165, 1.54) is 19.3 Å². The maximum atomic E-state index is 5.37. The number of nitrogens with one attached hydrogen (secondary N) is 2. The highest BCUT2D eigenvalue weighted by Crippen LogP contribution is 2.12. The van der Waals surface area contributed by atoms with E-state index in [0.29, 0.717) is 6.04 Å². The molecule has 0 amide bonds. The third-order valence-corrected chi connectivity index (χ3v) is 2.99. The molecule has 1 unspecified atom stereocenters. The van der Waals surface area contributed by atoms with Gasteiger partial charge in [0, 0.05) is 23.8 Å². The van der Waals surface area contributed by atoms with E-state index >= 15 is 0 Å². The summed E-state index contributed by atoms with van der Waals surface area (Å²) in [5.74, 6) is 2.65. The van der Waals surface area contributed by atoms with E-state index in [4.69, 9.17) is 6.42 Å². The van der Waals surface area contributed by atoms with E-state index < -0.39 is 0 Å². The second-order valence-corrected chi connectivity index (χ2v) is 4.25. The zero-order chi connectivity index (χ0) is 11.2. The molecule has 0 spiro atoms. The molecule has 1 aromatic carbocycles. The second kappa shape index (κ2) is 5.58. The highest BCUT2D eigenvalue weighted by molar-refractivity contribution is 5.50. The Morgan fingerprint density at radius 2 is 2.38 bits per heavy atom. The van der Waals surface area contributed by atoms with Crippen molar-refractivity contribution in [1.82, 2.24) is 5.32 Å². The molecule has 2 heteroatoms. The van der Waals surface area contributed by atoms with Gasteiger partial charge in [0.1, 0.15) is 0 Å². The molecular formula is C14H18N2. The van der Waals surface area contributed by atoms with Gasteiger partial charge in [-0.05, 0) is 37.6 Å². The molecule has 1 aliphatic heterocycles. The van der Waals surface area contributed by atoms with Crippen molar-refractivity contribution < 1.29 is 0 Å². The number of hydrogen-bond donors (Lipinski definition) is 2. The summed E-state index contributed by atoms with van der Waals surface area (Å²) < 4.78 is 0. The molecule has 2 nitrogen and oxygen atoms in total. The number of terminal acetylenes is 1. The highest BCUT2D eigenvalue weighted by atomic mass is 15.0. The molecule has 0 aliphatic carbocycles. The van der Waals surface area contributed by atoms with Crippen LogP contribution in [0.4, 0.5) is 5.69 Å². The van der Waals surface area contributed by atoms with Crippen molar-refractivity contribution in [3.05, 3.63) is 29.8 Å². The lowest BCUT2D eigenvalue weighted by Gasteiger charge is -2.24. The second-order valence-electron chi connectivity index (χ2n) is 4.25. The Morgan fingerprint density at radius 1 is 1.44 bits per heavy atom. The first-order valence-corrected chi connectivity index (χ1v) is 5.92. The highest BCUT2D eigenvalue weighted by Gasteiger charge is 2.11. The lowest BCUT2D eigenvalue weighted by molar-refractivity contribution is 0.414. The molecule has 0 bridgehead atoms. The maximum Gasteiger partial charge on any atom is 0.0353 e. The van der Waals surface area contributed by atoms with Gasteiger partial charge in [0.15, 0.2) is 0 Å². The molecule has 2 N–H and O–H groups in total. The number of rotatable bonds is 3. The van der Waals surface area contributed by atoms with Crippen LogP contribution in [0.15, 0.2) is 24.3 Å². The van der Waals surface area contributed by atoms with Gasteiger partial charge in [-0.15, -0.1) is 6.42 Å². The van der Waals surface area contributed by atoms with Crippen molar-refractivity contribution in [3.8, 4) is 12.3 Å². The third kappa shape index (κ3) is 3.01. The van der Waals surface area contributed by atoms with Crippen LogP contribution >= 0.6 is 0 Å². The molecule has 1 heterocycles. The first kappa shape index (κ1) is 11.0. The van der Waals surface area contributed by atoms with Gasteiger partial charge in [-0.2, -0.15) is 0 Å². The summed E-state index contributed by atoms with van der Waals surface area (Å²) in [5.41, 5.74) is 2.05. The summed E-state index contributed by atoms with van der Waals surface area (Å²) in [6, 6.07) is 8.62. The van der Waals surface area contributed by atoms with Gasteiger partial charge < -0.3 is 10.6 Å². The van der Waals surface area contributed by atoms with Crippen molar-refractivity contribution in [3.63, 3.8) is 0 Å². The average molecular weight is 214 g/mol. The maximum absolute atomic E-state index is 5.37. The van der Waals surface area contributed by atoms with E-state index in [0.717, 1.165) is 24.3 Å². The fraction of sp³-hybridized carbons (Fsp3) is 0.429. The number of anilines is 1. The Bertz CT molecular complexity index is 373. The minimum absolute atomic E-state index is 0.600. The summed E-state index contributed by atoms with van der Waals surface area (Å²) >= 11 is 0. The Balaban J connectivity index is 1.86. The third-order valence-electron chi connectivity index (χ3n) is 2.99. The van der Waals surface area contributed by atoms with Crippen LogP contribution < -0.4 is 10.6 Å². The lowest BCUT2D eigenvalue weighted by atomic mass is 10.1. The fourth-order valence-electron chi connectivity index (χ4n) is 2.06. The topological polar surface area (TPSA) is 24.1 Å². The van der Waals surface area contributed by atoms with Crippen LogP contribution in [0.25, 0.3) is 0 Å². The Labute approximate surface area is 97.4 Å². The van der Waals surface area contributed by atoms with E-state index in [1.54, 1.807) is 0 Å². The molecule has 1 aliphatic rings. The van der Waals surface area contributed by atoms with Gasteiger partial charge in [0.2, 0.25) is 0 Å². The Morgan fingerprint density at radius 3 is 3.12 bits per heavy atom. The average Bonchev–Trinajstić information content (AvgIpc) is 2.38. The quantitative estimate of drug-likeness (QED) is 0.754.